The Morgan fingerprint density at radius 1 is 1.07 bits per heavy atom. The molecule has 146 valence electrons. The molecule has 1 heterocycles. The summed E-state index contributed by atoms with van der Waals surface area (Å²) in [6.07, 6.45) is 1.08. The number of amides is 2. The fourth-order valence-corrected chi connectivity index (χ4v) is 3.22. The summed E-state index contributed by atoms with van der Waals surface area (Å²) in [5.41, 5.74) is 4.00. The first kappa shape index (κ1) is 19.8. The summed E-state index contributed by atoms with van der Waals surface area (Å²) in [5, 5.41) is 5.94. The molecule has 0 saturated heterocycles. The van der Waals surface area contributed by atoms with Gasteiger partial charge in [0.25, 0.3) is 0 Å². The van der Waals surface area contributed by atoms with Crippen LogP contribution in [0.15, 0.2) is 59.7 Å². The summed E-state index contributed by atoms with van der Waals surface area (Å²) >= 11 is 0. The molecule has 28 heavy (non-hydrogen) atoms. The molecule has 5 heteroatoms. The van der Waals surface area contributed by atoms with Crippen molar-refractivity contribution in [1.82, 2.24) is 5.01 Å². The lowest BCUT2D eigenvalue weighted by Crippen LogP contribution is -2.29. The summed E-state index contributed by atoms with van der Waals surface area (Å²) in [5.74, 6) is 0.223. The maximum atomic E-state index is 12.5. The molecule has 0 aliphatic carbocycles. The van der Waals surface area contributed by atoms with E-state index in [2.05, 4.69) is 25.0 Å². The molecule has 0 atom stereocenters. The number of anilines is 1. The molecule has 1 aliphatic rings. The third kappa shape index (κ3) is 4.66. The zero-order chi connectivity index (χ0) is 20.1. The minimum absolute atomic E-state index is 0.0688. The fraction of sp³-hybridized carbons (Fsp3) is 0.348. The van der Waals surface area contributed by atoms with Gasteiger partial charge in [0.2, 0.25) is 11.8 Å². The Hall–Kier alpha value is -2.95. The van der Waals surface area contributed by atoms with Crippen molar-refractivity contribution in [3.63, 3.8) is 0 Å². The standard InChI is InChI=1S/C23H27N3O2/c1-17(2)19-10-7-11-20(16-19)25(3)22(27)12-13-23(28)26-15-14-21(24-26)18-8-5-4-6-9-18/h4-11,16-17H,12-15H2,1-3H3. The van der Waals surface area contributed by atoms with Gasteiger partial charge in [0.05, 0.1) is 12.3 Å². The van der Waals surface area contributed by atoms with Crippen LogP contribution in [0.25, 0.3) is 0 Å². The summed E-state index contributed by atoms with van der Waals surface area (Å²) in [6.45, 7) is 4.82. The van der Waals surface area contributed by atoms with E-state index in [4.69, 9.17) is 0 Å². The Labute approximate surface area is 166 Å². The average Bonchev–Trinajstić information content (AvgIpc) is 3.22. The zero-order valence-electron chi connectivity index (χ0n) is 16.8. The van der Waals surface area contributed by atoms with Gasteiger partial charge in [0, 0.05) is 32.0 Å². The Morgan fingerprint density at radius 3 is 2.54 bits per heavy atom. The highest BCUT2D eigenvalue weighted by Gasteiger charge is 2.22. The van der Waals surface area contributed by atoms with Gasteiger partial charge in [-0.3, -0.25) is 9.59 Å². The van der Waals surface area contributed by atoms with Crippen LogP contribution in [0.3, 0.4) is 0 Å². The van der Waals surface area contributed by atoms with Crippen LogP contribution in [0, 0.1) is 0 Å². The summed E-state index contributed by atoms with van der Waals surface area (Å²) in [7, 11) is 1.76. The highest BCUT2D eigenvalue weighted by Crippen LogP contribution is 2.22. The van der Waals surface area contributed by atoms with Crippen LogP contribution >= 0.6 is 0 Å². The van der Waals surface area contributed by atoms with E-state index < -0.39 is 0 Å². The molecule has 2 aromatic rings. The third-order valence-electron chi connectivity index (χ3n) is 5.05. The number of hydrogen-bond acceptors (Lipinski definition) is 3. The number of rotatable bonds is 6. The van der Waals surface area contributed by atoms with Crippen LogP contribution in [0.1, 0.15) is 50.2 Å². The Bertz CT molecular complexity index is 874. The molecular formula is C23H27N3O2. The Kier molecular flexibility index (Phi) is 6.24. The van der Waals surface area contributed by atoms with Crippen LogP contribution in [-0.4, -0.2) is 36.1 Å². The second-order valence-electron chi connectivity index (χ2n) is 7.38. The van der Waals surface area contributed by atoms with Gasteiger partial charge < -0.3 is 4.90 Å². The van der Waals surface area contributed by atoms with Crippen molar-refractivity contribution in [2.75, 3.05) is 18.5 Å². The first-order valence-corrected chi connectivity index (χ1v) is 9.75. The number of carbonyl (C=O) groups is 2. The molecule has 2 aromatic carbocycles. The van der Waals surface area contributed by atoms with Gasteiger partial charge in [-0.2, -0.15) is 5.10 Å². The lowest BCUT2D eigenvalue weighted by atomic mass is 10.0. The molecule has 0 aromatic heterocycles. The van der Waals surface area contributed by atoms with Crippen LogP contribution in [-0.2, 0) is 9.59 Å². The predicted octanol–water partition coefficient (Wildman–Crippen LogP) is 4.19. The van der Waals surface area contributed by atoms with Crippen LogP contribution < -0.4 is 4.90 Å². The monoisotopic (exact) mass is 377 g/mol. The summed E-state index contributed by atoms with van der Waals surface area (Å²) in [6, 6.07) is 17.9. The number of nitrogens with zero attached hydrogens (tertiary/aromatic N) is 3. The number of hydrazone groups is 1. The van der Waals surface area contributed by atoms with Gasteiger partial charge in [-0.15, -0.1) is 0 Å². The molecule has 0 saturated carbocycles. The number of benzene rings is 2. The van der Waals surface area contributed by atoms with Crippen LogP contribution in [0.4, 0.5) is 5.69 Å². The van der Waals surface area contributed by atoms with Crippen molar-refractivity contribution in [1.29, 1.82) is 0 Å². The van der Waals surface area contributed by atoms with E-state index in [9.17, 15) is 9.59 Å². The van der Waals surface area contributed by atoms with Crippen molar-refractivity contribution in [2.45, 2.75) is 39.0 Å². The highest BCUT2D eigenvalue weighted by atomic mass is 16.2. The molecule has 3 rings (SSSR count). The summed E-state index contributed by atoms with van der Waals surface area (Å²) in [4.78, 5) is 26.7. The highest BCUT2D eigenvalue weighted by molar-refractivity contribution is 6.03. The van der Waals surface area contributed by atoms with Gasteiger partial charge in [-0.1, -0.05) is 56.3 Å². The smallest absolute Gasteiger partial charge is 0.243 e. The van der Waals surface area contributed by atoms with E-state index in [0.717, 1.165) is 23.4 Å². The summed E-state index contributed by atoms with van der Waals surface area (Å²) < 4.78 is 0. The van der Waals surface area contributed by atoms with E-state index in [0.29, 0.717) is 12.5 Å². The van der Waals surface area contributed by atoms with E-state index in [1.165, 1.54) is 10.6 Å². The maximum Gasteiger partial charge on any atom is 0.243 e. The third-order valence-corrected chi connectivity index (χ3v) is 5.05. The molecule has 0 radical (unpaired) electrons. The van der Waals surface area contributed by atoms with Crippen molar-refractivity contribution in [3.8, 4) is 0 Å². The minimum Gasteiger partial charge on any atom is -0.315 e. The molecular weight excluding hydrogens is 350 g/mol. The molecule has 5 nitrogen and oxygen atoms in total. The van der Waals surface area contributed by atoms with E-state index in [1.807, 2.05) is 48.5 Å². The molecule has 0 unspecified atom stereocenters. The zero-order valence-corrected chi connectivity index (χ0v) is 16.8. The van der Waals surface area contributed by atoms with Crippen LogP contribution in [0.2, 0.25) is 0 Å². The second kappa shape index (κ2) is 8.83. The first-order chi connectivity index (χ1) is 13.5. The molecule has 0 bridgehead atoms. The lowest BCUT2D eigenvalue weighted by Gasteiger charge is -2.19. The topological polar surface area (TPSA) is 53.0 Å². The van der Waals surface area contributed by atoms with Crippen molar-refractivity contribution in [2.24, 2.45) is 5.10 Å². The Balaban J connectivity index is 1.56. The molecule has 1 aliphatic heterocycles. The first-order valence-electron chi connectivity index (χ1n) is 9.75. The van der Waals surface area contributed by atoms with Gasteiger partial charge in [0.1, 0.15) is 0 Å². The van der Waals surface area contributed by atoms with Crippen LogP contribution in [0.5, 0.6) is 0 Å². The van der Waals surface area contributed by atoms with E-state index in [1.54, 1.807) is 11.9 Å². The fourth-order valence-electron chi connectivity index (χ4n) is 3.22. The van der Waals surface area contributed by atoms with E-state index >= 15 is 0 Å². The minimum atomic E-state index is -0.108. The number of carbonyl (C=O) groups excluding carboxylic acids is 2. The van der Waals surface area contributed by atoms with Crippen molar-refractivity contribution < 1.29 is 9.59 Å². The van der Waals surface area contributed by atoms with Crippen molar-refractivity contribution in [3.05, 3.63) is 65.7 Å². The normalized spacial score (nSPS) is 13.6. The van der Waals surface area contributed by atoms with Gasteiger partial charge in [-0.25, -0.2) is 5.01 Å². The molecule has 0 N–H and O–H groups in total. The molecule has 0 spiro atoms. The van der Waals surface area contributed by atoms with Gasteiger partial charge in [-0.05, 0) is 29.2 Å². The quantitative estimate of drug-likeness (QED) is 0.758. The van der Waals surface area contributed by atoms with Crippen molar-refractivity contribution >= 4 is 23.2 Å². The Morgan fingerprint density at radius 2 is 1.82 bits per heavy atom. The van der Waals surface area contributed by atoms with E-state index in [-0.39, 0.29) is 24.7 Å². The lowest BCUT2D eigenvalue weighted by molar-refractivity contribution is -0.132. The number of hydrogen-bond donors (Lipinski definition) is 0. The average molecular weight is 377 g/mol. The largest absolute Gasteiger partial charge is 0.315 e. The second-order valence-corrected chi connectivity index (χ2v) is 7.38. The SMILES string of the molecule is CC(C)c1cccc(N(C)C(=O)CCC(=O)N2CCC(c3ccccc3)=N2)c1. The molecule has 0 fully saturated rings. The van der Waals surface area contributed by atoms with Gasteiger partial charge in [0.15, 0.2) is 0 Å². The maximum absolute atomic E-state index is 12.5. The molecule has 2 amide bonds. The van der Waals surface area contributed by atoms with Gasteiger partial charge >= 0.3 is 0 Å². The predicted molar refractivity (Wildman–Crippen MR) is 112 cm³/mol.